The number of benzene rings is 1. The highest BCUT2D eigenvalue weighted by atomic mass is 35.5. The van der Waals surface area contributed by atoms with E-state index < -0.39 is 27.6 Å². The number of pyridine rings is 1. The second-order valence-corrected chi connectivity index (χ2v) is 11.9. The third kappa shape index (κ3) is 6.08. The van der Waals surface area contributed by atoms with Gasteiger partial charge in [0, 0.05) is 70.2 Å². The zero-order chi connectivity index (χ0) is 28.7. The van der Waals surface area contributed by atoms with Crippen molar-refractivity contribution in [3.05, 3.63) is 59.0 Å². The Labute approximate surface area is 234 Å². The summed E-state index contributed by atoms with van der Waals surface area (Å²) in [7, 11) is -3.33. The number of hydrogen-bond acceptors (Lipinski definition) is 8. The average Bonchev–Trinajstić information content (AvgIpc) is 2.93. The molecule has 15 heteroatoms. The normalized spacial score (nSPS) is 17.4. The SMILES string of the molecule is CS(=O)(=O)N1CCN(c2nc(-c3ccc(F)c(Cl)c3)cc(N3CCN(c4ncccc4C(F)(F)F)CC3)n2)CC1. The second-order valence-electron chi connectivity index (χ2n) is 9.54. The highest BCUT2D eigenvalue weighted by Crippen LogP contribution is 2.36. The standard InChI is InChI=1S/C25H26ClF4N7O2S/c1-40(38,39)37-13-11-36(12-14-37)24-32-21(17-4-5-20(27)19(26)15-17)16-22(33-24)34-7-9-35(10-8-34)23-18(25(28,29)30)3-2-6-31-23/h2-6,15-16H,7-14H2,1H3. The van der Waals surface area contributed by atoms with E-state index in [1.165, 1.54) is 35.0 Å². The molecule has 0 spiro atoms. The first-order valence-electron chi connectivity index (χ1n) is 12.5. The molecule has 2 saturated heterocycles. The van der Waals surface area contributed by atoms with E-state index in [-0.39, 0.29) is 37.0 Å². The summed E-state index contributed by atoms with van der Waals surface area (Å²) in [5.41, 5.74) is 0.267. The fourth-order valence-electron chi connectivity index (χ4n) is 4.77. The molecule has 4 heterocycles. The molecule has 1 aromatic carbocycles. The summed E-state index contributed by atoms with van der Waals surface area (Å²) in [5, 5.41) is -0.0644. The number of aromatic nitrogens is 3. The molecule has 0 saturated carbocycles. The first-order chi connectivity index (χ1) is 18.9. The van der Waals surface area contributed by atoms with Crippen molar-refractivity contribution in [2.45, 2.75) is 6.18 Å². The maximum absolute atomic E-state index is 13.9. The highest BCUT2D eigenvalue weighted by Gasteiger charge is 2.36. The van der Waals surface area contributed by atoms with Crippen LogP contribution in [0.15, 0.2) is 42.6 Å². The summed E-state index contributed by atoms with van der Waals surface area (Å²) in [6.45, 7) is 2.59. The largest absolute Gasteiger partial charge is 0.419 e. The van der Waals surface area contributed by atoms with Gasteiger partial charge in [-0.15, -0.1) is 0 Å². The molecule has 9 nitrogen and oxygen atoms in total. The van der Waals surface area contributed by atoms with Crippen LogP contribution in [0, 0.1) is 5.82 Å². The van der Waals surface area contributed by atoms with Gasteiger partial charge in [0.15, 0.2) is 0 Å². The van der Waals surface area contributed by atoms with Crippen molar-refractivity contribution in [3.8, 4) is 11.3 Å². The van der Waals surface area contributed by atoms with Gasteiger partial charge in [-0.1, -0.05) is 11.6 Å². The topological polar surface area (TPSA) is 85.8 Å². The minimum Gasteiger partial charge on any atom is -0.353 e. The number of alkyl halides is 3. The molecule has 3 aromatic rings. The van der Waals surface area contributed by atoms with Gasteiger partial charge in [-0.2, -0.15) is 22.5 Å². The van der Waals surface area contributed by atoms with E-state index in [2.05, 4.69) is 9.97 Å². The molecule has 2 aromatic heterocycles. The van der Waals surface area contributed by atoms with Crippen LogP contribution < -0.4 is 14.7 Å². The number of hydrogen-bond donors (Lipinski definition) is 0. The second kappa shape index (κ2) is 11.0. The van der Waals surface area contributed by atoms with Gasteiger partial charge in [0.05, 0.1) is 22.5 Å². The molecule has 0 bridgehead atoms. The lowest BCUT2D eigenvalue weighted by atomic mass is 10.1. The van der Waals surface area contributed by atoms with Crippen LogP contribution in [0.5, 0.6) is 0 Å². The molecule has 0 unspecified atom stereocenters. The molecule has 2 aliphatic heterocycles. The lowest BCUT2D eigenvalue weighted by molar-refractivity contribution is -0.137. The molecular weight excluding hydrogens is 574 g/mol. The summed E-state index contributed by atoms with van der Waals surface area (Å²) in [5.74, 6) is 0.236. The van der Waals surface area contributed by atoms with Crippen molar-refractivity contribution in [1.82, 2.24) is 19.3 Å². The van der Waals surface area contributed by atoms with Crippen LogP contribution in [0.25, 0.3) is 11.3 Å². The fraction of sp³-hybridized carbons (Fsp3) is 0.400. The van der Waals surface area contributed by atoms with E-state index in [0.29, 0.717) is 49.2 Å². The minimum absolute atomic E-state index is 0.0644. The quantitative estimate of drug-likeness (QED) is 0.410. The van der Waals surface area contributed by atoms with Crippen LogP contribution in [0.2, 0.25) is 5.02 Å². The molecule has 0 radical (unpaired) electrons. The van der Waals surface area contributed by atoms with Crippen molar-refractivity contribution in [2.75, 3.05) is 73.3 Å². The van der Waals surface area contributed by atoms with Gasteiger partial charge in [-0.05, 0) is 30.3 Å². The van der Waals surface area contributed by atoms with Crippen LogP contribution in [-0.4, -0.2) is 86.3 Å². The summed E-state index contributed by atoms with van der Waals surface area (Å²) in [6, 6.07) is 8.28. The summed E-state index contributed by atoms with van der Waals surface area (Å²) in [4.78, 5) is 18.8. The first-order valence-corrected chi connectivity index (χ1v) is 14.7. The predicted octanol–water partition coefficient (Wildman–Crippen LogP) is 3.76. The Morgan fingerprint density at radius 2 is 1.52 bits per heavy atom. The van der Waals surface area contributed by atoms with Gasteiger partial charge in [0.1, 0.15) is 17.5 Å². The Bertz CT molecular complexity index is 1490. The molecule has 2 aliphatic rings. The average molecular weight is 600 g/mol. The lowest BCUT2D eigenvalue weighted by Gasteiger charge is -2.38. The van der Waals surface area contributed by atoms with Crippen molar-refractivity contribution >= 4 is 39.2 Å². The molecule has 0 amide bonds. The summed E-state index contributed by atoms with van der Waals surface area (Å²) in [6.07, 6.45) is -2.01. The predicted molar refractivity (Wildman–Crippen MR) is 145 cm³/mol. The van der Waals surface area contributed by atoms with Crippen LogP contribution in [0.4, 0.5) is 35.1 Å². The number of nitrogens with zero attached hydrogens (tertiary/aromatic N) is 7. The van der Waals surface area contributed by atoms with Crippen LogP contribution >= 0.6 is 11.6 Å². The van der Waals surface area contributed by atoms with E-state index in [1.54, 1.807) is 17.0 Å². The monoisotopic (exact) mass is 599 g/mol. The van der Waals surface area contributed by atoms with Gasteiger partial charge >= 0.3 is 6.18 Å². The fourth-order valence-corrected chi connectivity index (χ4v) is 5.77. The van der Waals surface area contributed by atoms with Gasteiger partial charge in [-0.25, -0.2) is 22.8 Å². The smallest absolute Gasteiger partial charge is 0.353 e. The molecule has 2 fully saturated rings. The molecule has 0 atom stereocenters. The van der Waals surface area contributed by atoms with E-state index in [9.17, 15) is 26.0 Å². The molecule has 214 valence electrons. The number of anilines is 3. The highest BCUT2D eigenvalue weighted by molar-refractivity contribution is 7.88. The maximum atomic E-state index is 13.9. The van der Waals surface area contributed by atoms with Crippen molar-refractivity contribution in [1.29, 1.82) is 0 Å². The zero-order valence-electron chi connectivity index (χ0n) is 21.4. The third-order valence-corrected chi connectivity index (χ3v) is 8.49. The molecule has 0 N–H and O–H groups in total. The number of rotatable bonds is 5. The van der Waals surface area contributed by atoms with Gasteiger partial charge in [0.2, 0.25) is 16.0 Å². The van der Waals surface area contributed by atoms with E-state index in [0.717, 1.165) is 6.07 Å². The third-order valence-electron chi connectivity index (χ3n) is 6.90. The van der Waals surface area contributed by atoms with Crippen LogP contribution in [0.1, 0.15) is 5.56 Å². The molecule has 0 aliphatic carbocycles. The Hall–Kier alpha value is -3.23. The molecule has 5 rings (SSSR count). The van der Waals surface area contributed by atoms with E-state index >= 15 is 0 Å². The Morgan fingerprint density at radius 3 is 2.15 bits per heavy atom. The van der Waals surface area contributed by atoms with Gasteiger partial charge in [0.25, 0.3) is 0 Å². The molecular formula is C25H26ClF4N7O2S. The number of sulfonamides is 1. The van der Waals surface area contributed by atoms with Crippen molar-refractivity contribution in [2.24, 2.45) is 0 Å². The first kappa shape index (κ1) is 28.3. The summed E-state index contributed by atoms with van der Waals surface area (Å²) >= 11 is 6.03. The zero-order valence-corrected chi connectivity index (χ0v) is 23.0. The van der Waals surface area contributed by atoms with Gasteiger partial charge < -0.3 is 14.7 Å². The summed E-state index contributed by atoms with van der Waals surface area (Å²) < 4.78 is 79.8. The van der Waals surface area contributed by atoms with Crippen LogP contribution in [-0.2, 0) is 16.2 Å². The van der Waals surface area contributed by atoms with Gasteiger partial charge in [-0.3, -0.25) is 0 Å². The van der Waals surface area contributed by atoms with E-state index in [1.807, 2.05) is 9.80 Å². The molecule has 40 heavy (non-hydrogen) atoms. The lowest BCUT2D eigenvalue weighted by Crippen LogP contribution is -2.49. The Morgan fingerprint density at radius 1 is 0.875 bits per heavy atom. The Balaban J connectivity index is 1.42. The van der Waals surface area contributed by atoms with Crippen LogP contribution in [0.3, 0.4) is 0 Å². The minimum atomic E-state index is -4.52. The van der Waals surface area contributed by atoms with E-state index in [4.69, 9.17) is 16.6 Å². The van der Waals surface area contributed by atoms with Crippen molar-refractivity contribution in [3.63, 3.8) is 0 Å². The maximum Gasteiger partial charge on any atom is 0.419 e. The number of halogens is 5. The Kier molecular flexibility index (Phi) is 7.77. The van der Waals surface area contributed by atoms with Crippen molar-refractivity contribution < 1.29 is 26.0 Å². The number of piperazine rings is 2.